The number of amides is 1. The molecule has 1 aliphatic rings. The first-order valence-corrected chi connectivity index (χ1v) is 5.84. The molecule has 4 nitrogen and oxygen atoms in total. The van der Waals surface area contributed by atoms with Crippen molar-refractivity contribution in [3.8, 4) is 5.75 Å². The maximum absolute atomic E-state index is 11.8. The third-order valence-corrected chi connectivity index (χ3v) is 2.72. The van der Waals surface area contributed by atoms with E-state index >= 15 is 0 Å². The zero-order valence-electron chi connectivity index (χ0n) is 10.2. The molecule has 0 atom stereocenters. The van der Waals surface area contributed by atoms with Gasteiger partial charge in [-0.1, -0.05) is 6.07 Å². The van der Waals surface area contributed by atoms with E-state index in [4.69, 9.17) is 9.47 Å². The number of benzene rings is 1. The summed E-state index contributed by atoms with van der Waals surface area (Å²) in [6, 6.07) is 5.86. The summed E-state index contributed by atoms with van der Waals surface area (Å²) in [6.45, 7) is 5.85. The molecule has 4 heteroatoms. The highest BCUT2D eigenvalue weighted by Gasteiger charge is 2.24. The van der Waals surface area contributed by atoms with E-state index in [0.29, 0.717) is 19.8 Å². The molecule has 0 saturated heterocycles. The van der Waals surface area contributed by atoms with Gasteiger partial charge in [0.05, 0.1) is 12.3 Å². The van der Waals surface area contributed by atoms with Crippen molar-refractivity contribution in [2.75, 3.05) is 31.3 Å². The smallest absolute Gasteiger partial charge is 0.265 e. The van der Waals surface area contributed by atoms with Gasteiger partial charge in [0.1, 0.15) is 5.75 Å². The zero-order valence-corrected chi connectivity index (χ0v) is 10.2. The molecule has 92 valence electrons. The molecular formula is C13H17NO3. The minimum absolute atomic E-state index is 0.0113. The van der Waals surface area contributed by atoms with E-state index in [9.17, 15) is 4.79 Å². The van der Waals surface area contributed by atoms with Crippen molar-refractivity contribution in [3.63, 3.8) is 0 Å². The van der Waals surface area contributed by atoms with E-state index in [1.165, 1.54) is 0 Å². The molecule has 17 heavy (non-hydrogen) atoms. The lowest BCUT2D eigenvalue weighted by atomic mass is 10.1. The summed E-state index contributed by atoms with van der Waals surface area (Å²) in [6.07, 6.45) is 0. The molecule has 1 aliphatic heterocycles. The lowest BCUT2D eigenvalue weighted by molar-refractivity contribution is -0.121. The normalized spacial score (nSPS) is 14.5. The Labute approximate surface area is 101 Å². The molecule has 0 fully saturated rings. The van der Waals surface area contributed by atoms with Gasteiger partial charge in [-0.05, 0) is 31.5 Å². The number of nitrogens with zero attached hydrogens (tertiary/aromatic N) is 1. The quantitative estimate of drug-likeness (QED) is 0.746. The minimum atomic E-state index is -0.0113. The number of aryl methyl sites for hydroxylation is 1. The third-order valence-electron chi connectivity index (χ3n) is 2.72. The average molecular weight is 235 g/mol. The number of rotatable bonds is 4. The van der Waals surface area contributed by atoms with Gasteiger partial charge in [0, 0.05) is 13.2 Å². The Hall–Kier alpha value is -1.55. The summed E-state index contributed by atoms with van der Waals surface area (Å²) in [4.78, 5) is 13.5. The van der Waals surface area contributed by atoms with Gasteiger partial charge < -0.3 is 14.4 Å². The van der Waals surface area contributed by atoms with Crippen molar-refractivity contribution in [1.29, 1.82) is 0 Å². The fourth-order valence-corrected chi connectivity index (χ4v) is 1.86. The van der Waals surface area contributed by atoms with Crippen LogP contribution in [-0.2, 0) is 9.53 Å². The molecule has 0 aromatic heterocycles. The molecule has 1 amide bonds. The fraction of sp³-hybridized carbons (Fsp3) is 0.462. The van der Waals surface area contributed by atoms with Crippen molar-refractivity contribution < 1.29 is 14.3 Å². The Morgan fingerprint density at radius 3 is 3.06 bits per heavy atom. The van der Waals surface area contributed by atoms with Crippen molar-refractivity contribution in [2.45, 2.75) is 13.8 Å². The molecule has 1 heterocycles. The molecule has 0 aliphatic carbocycles. The van der Waals surface area contributed by atoms with Gasteiger partial charge in [-0.3, -0.25) is 4.79 Å². The van der Waals surface area contributed by atoms with E-state index in [1.807, 2.05) is 32.0 Å². The molecule has 0 spiro atoms. The largest absolute Gasteiger partial charge is 0.482 e. The topological polar surface area (TPSA) is 38.8 Å². The summed E-state index contributed by atoms with van der Waals surface area (Å²) < 4.78 is 10.7. The number of carbonyl (C=O) groups is 1. The number of hydrogen-bond acceptors (Lipinski definition) is 3. The van der Waals surface area contributed by atoms with E-state index in [-0.39, 0.29) is 12.5 Å². The Kier molecular flexibility index (Phi) is 3.64. The Morgan fingerprint density at radius 2 is 2.29 bits per heavy atom. The molecule has 0 bridgehead atoms. The first-order chi connectivity index (χ1) is 8.22. The summed E-state index contributed by atoms with van der Waals surface area (Å²) in [5.74, 6) is 0.759. The van der Waals surface area contributed by atoms with Crippen molar-refractivity contribution in [1.82, 2.24) is 0 Å². The first-order valence-electron chi connectivity index (χ1n) is 5.84. The molecule has 0 saturated carbocycles. The van der Waals surface area contributed by atoms with Crippen LogP contribution in [0, 0.1) is 6.92 Å². The van der Waals surface area contributed by atoms with Gasteiger partial charge in [0.2, 0.25) is 0 Å². The van der Waals surface area contributed by atoms with Crippen LogP contribution >= 0.6 is 0 Å². The second-order valence-electron chi connectivity index (χ2n) is 4.00. The van der Waals surface area contributed by atoms with Crippen LogP contribution in [0.2, 0.25) is 0 Å². The van der Waals surface area contributed by atoms with Gasteiger partial charge in [0.15, 0.2) is 6.61 Å². The Morgan fingerprint density at radius 1 is 1.47 bits per heavy atom. The average Bonchev–Trinajstić information content (AvgIpc) is 2.32. The highest BCUT2D eigenvalue weighted by Crippen LogP contribution is 2.32. The first kappa shape index (κ1) is 11.9. The second-order valence-corrected chi connectivity index (χ2v) is 4.00. The monoisotopic (exact) mass is 235 g/mol. The van der Waals surface area contributed by atoms with E-state index < -0.39 is 0 Å². The van der Waals surface area contributed by atoms with Crippen LogP contribution in [0.15, 0.2) is 18.2 Å². The van der Waals surface area contributed by atoms with Gasteiger partial charge >= 0.3 is 0 Å². The number of hydrogen-bond donors (Lipinski definition) is 0. The summed E-state index contributed by atoms with van der Waals surface area (Å²) >= 11 is 0. The number of carbonyl (C=O) groups excluding carboxylic acids is 1. The predicted octanol–water partition coefficient (Wildman–Crippen LogP) is 1.76. The summed E-state index contributed by atoms with van der Waals surface area (Å²) in [7, 11) is 0. The van der Waals surface area contributed by atoms with Gasteiger partial charge in [0.25, 0.3) is 5.91 Å². The van der Waals surface area contributed by atoms with Crippen LogP contribution in [0.5, 0.6) is 5.75 Å². The summed E-state index contributed by atoms with van der Waals surface area (Å²) in [5, 5.41) is 0. The van der Waals surface area contributed by atoms with Crippen molar-refractivity contribution >= 4 is 11.6 Å². The molecule has 1 aromatic carbocycles. The Balaban J connectivity index is 2.20. The molecular weight excluding hydrogens is 218 g/mol. The molecule has 1 aromatic rings. The molecule has 2 rings (SSSR count). The van der Waals surface area contributed by atoms with Crippen LogP contribution in [0.25, 0.3) is 0 Å². The molecule has 0 radical (unpaired) electrons. The van der Waals surface area contributed by atoms with Gasteiger partial charge in [-0.15, -0.1) is 0 Å². The number of fused-ring (bicyclic) bond motifs is 1. The van der Waals surface area contributed by atoms with Crippen LogP contribution in [-0.4, -0.2) is 32.3 Å². The fourth-order valence-electron chi connectivity index (χ4n) is 1.86. The Bertz CT molecular complexity index is 417. The number of ether oxygens (including phenoxy) is 2. The van der Waals surface area contributed by atoms with Crippen molar-refractivity contribution in [3.05, 3.63) is 23.8 Å². The zero-order chi connectivity index (χ0) is 12.3. The molecule has 0 unspecified atom stereocenters. The summed E-state index contributed by atoms with van der Waals surface area (Å²) in [5.41, 5.74) is 1.96. The van der Waals surface area contributed by atoms with E-state index in [2.05, 4.69) is 0 Å². The highest BCUT2D eigenvalue weighted by molar-refractivity contribution is 5.97. The number of anilines is 1. The standard InChI is InChI=1S/C13H17NO3/c1-3-16-7-6-14-11-8-10(2)4-5-12(11)17-9-13(14)15/h4-5,8H,3,6-7,9H2,1-2H3. The van der Waals surface area contributed by atoms with Crippen LogP contribution < -0.4 is 9.64 Å². The predicted molar refractivity (Wildman–Crippen MR) is 65.5 cm³/mol. The van der Waals surface area contributed by atoms with Gasteiger partial charge in [-0.25, -0.2) is 0 Å². The van der Waals surface area contributed by atoms with E-state index in [0.717, 1.165) is 17.0 Å². The third kappa shape index (κ3) is 2.58. The highest BCUT2D eigenvalue weighted by atomic mass is 16.5. The lowest BCUT2D eigenvalue weighted by Crippen LogP contribution is -2.40. The van der Waals surface area contributed by atoms with Crippen LogP contribution in [0.3, 0.4) is 0 Å². The SMILES string of the molecule is CCOCCN1C(=O)COc2ccc(C)cc21. The maximum atomic E-state index is 11.8. The van der Waals surface area contributed by atoms with Crippen molar-refractivity contribution in [2.24, 2.45) is 0 Å². The molecule has 0 N–H and O–H groups in total. The van der Waals surface area contributed by atoms with E-state index in [1.54, 1.807) is 4.90 Å². The van der Waals surface area contributed by atoms with Gasteiger partial charge in [-0.2, -0.15) is 0 Å². The second kappa shape index (κ2) is 5.19. The van der Waals surface area contributed by atoms with Crippen LogP contribution in [0.4, 0.5) is 5.69 Å². The van der Waals surface area contributed by atoms with Crippen LogP contribution in [0.1, 0.15) is 12.5 Å². The lowest BCUT2D eigenvalue weighted by Gasteiger charge is -2.29. The minimum Gasteiger partial charge on any atom is -0.482 e. The maximum Gasteiger partial charge on any atom is 0.265 e.